The van der Waals surface area contributed by atoms with E-state index in [4.69, 9.17) is 11.6 Å². The van der Waals surface area contributed by atoms with Gasteiger partial charge in [-0.15, -0.1) is 0 Å². The minimum Gasteiger partial charge on any atom is -0.323 e. The van der Waals surface area contributed by atoms with E-state index in [0.29, 0.717) is 11.0 Å². The van der Waals surface area contributed by atoms with E-state index < -0.39 is 0 Å². The van der Waals surface area contributed by atoms with Crippen LogP contribution in [0.3, 0.4) is 0 Å². The van der Waals surface area contributed by atoms with Crippen molar-refractivity contribution in [2.45, 2.75) is 0 Å². The lowest BCUT2D eigenvalue weighted by Crippen LogP contribution is -1.97. The Balaban J connectivity index is 2.23. The van der Waals surface area contributed by atoms with Crippen molar-refractivity contribution in [3.63, 3.8) is 0 Å². The zero-order chi connectivity index (χ0) is 11.5. The number of rotatable bonds is 2. The summed E-state index contributed by atoms with van der Waals surface area (Å²) >= 11 is 10.5. The van der Waals surface area contributed by atoms with Gasteiger partial charge in [-0.25, -0.2) is 9.97 Å². The molecule has 0 unspecified atom stereocenters. The molecular weight excluding hydrogens is 451 g/mol. The van der Waals surface area contributed by atoms with Crippen molar-refractivity contribution >= 4 is 68.4 Å². The van der Waals surface area contributed by atoms with Gasteiger partial charge in [-0.3, -0.25) is 0 Å². The Bertz CT molecular complexity index is 502. The Morgan fingerprint density at radius 1 is 1.06 bits per heavy atom. The Morgan fingerprint density at radius 2 is 1.75 bits per heavy atom. The molecule has 0 radical (unpaired) electrons. The van der Waals surface area contributed by atoms with Crippen molar-refractivity contribution in [1.29, 1.82) is 0 Å². The number of hydrogen-bond acceptors (Lipinski definition) is 3. The topological polar surface area (TPSA) is 37.8 Å². The predicted molar refractivity (Wildman–Crippen MR) is 82.2 cm³/mol. The van der Waals surface area contributed by atoms with E-state index in [0.717, 1.165) is 12.8 Å². The third-order valence-electron chi connectivity index (χ3n) is 1.80. The SMILES string of the molecule is Clc1cc(I)ccc1Nc1ncc(I)cn1. The van der Waals surface area contributed by atoms with Crippen molar-refractivity contribution in [3.05, 3.63) is 42.8 Å². The molecule has 0 saturated heterocycles. The highest BCUT2D eigenvalue weighted by Crippen LogP contribution is 2.25. The smallest absolute Gasteiger partial charge is 0.227 e. The average Bonchev–Trinajstić information content (AvgIpc) is 2.25. The lowest BCUT2D eigenvalue weighted by Gasteiger charge is -2.06. The van der Waals surface area contributed by atoms with Gasteiger partial charge >= 0.3 is 0 Å². The third kappa shape index (κ3) is 3.17. The second kappa shape index (κ2) is 5.46. The molecule has 0 aliphatic heterocycles. The number of nitrogens with one attached hydrogen (secondary N) is 1. The van der Waals surface area contributed by atoms with Crippen LogP contribution in [0.5, 0.6) is 0 Å². The predicted octanol–water partition coefficient (Wildman–Crippen LogP) is 4.08. The molecule has 82 valence electrons. The summed E-state index contributed by atoms with van der Waals surface area (Å²) in [6.45, 7) is 0. The molecule has 0 fully saturated rings. The summed E-state index contributed by atoms with van der Waals surface area (Å²) in [6, 6.07) is 5.77. The van der Waals surface area contributed by atoms with Gasteiger partial charge in [0.25, 0.3) is 0 Å². The van der Waals surface area contributed by atoms with Crippen LogP contribution >= 0.6 is 56.8 Å². The van der Waals surface area contributed by atoms with Gasteiger partial charge in [-0.1, -0.05) is 11.6 Å². The normalized spacial score (nSPS) is 10.2. The third-order valence-corrected chi connectivity index (χ3v) is 3.34. The van der Waals surface area contributed by atoms with Gasteiger partial charge in [0, 0.05) is 19.5 Å². The van der Waals surface area contributed by atoms with Crippen molar-refractivity contribution in [2.24, 2.45) is 0 Å². The summed E-state index contributed by atoms with van der Waals surface area (Å²) in [6.07, 6.45) is 3.49. The first kappa shape index (κ1) is 12.3. The molecule has 1 N–H and O–H groups in total. The van der Waals surface area contributed by atoms with Crippen molar-refractivity contribution in [2.75, 3.05) is 5.32 Å². The first-order chi connectivity index (χ1) is 7.65. The number of nitrogens with zero attached hydrogens (tertiary/aromatic N) is 2. The molecule has 0 aliphatic carbocycles. The highest BCUT2D eigenvalue weighted by molar-refractivity contribution is 14.1. The first-order valence-corrected chi connectivity index (χ1v) is 6.88. The van der Waals surface area contributed by atoms with Crippen LogP contribution in [0.15, 0.2) is 30.6 Å². The van der Waals surface area contributed by atoms with Crippen LogP contribution in [0.4, 0.5) is 11.6 Å². The highest BCUT2D eigenvalue weighted by Gasteiger charge is 2.02. The zero-order valence-corrected chi connectivity index (χ0v) is 13.0. The largest absolute Gasteiger partial charge is 0.323 e. The van der Waals surface area contributed by atoms with E-state index in [9.17, 15) is 0 Å². The maximum absolute atomic E-state index is 6.09. The summed E-state index contributed by atoms with van der Waals surface area (Å²) in [5, 5.41) is 3.73. The lowest BCUT2D eigenvalue weighted by atomic mass is 10.3. The van der Waals surface area contributed by atoms with Gasteiger partial charge in [0.15, 0.2) is 0 Å². The summed E-state index contributed by atoms with van der Waals surface area (Å²) in [4.78, 5) is 8.29. The van der Waals surface area contributed by atoms with Crippen LogP contribution in [0.25, 0.3) is 0 Å². The Hall–Kier alpha value is -0.150. The van der Waals surface area contributed by atoms with Gasteiger partial charge in [-0.05, 0) is 63.4 Å². The fraction of sp³-hybridized carbons (Fsp3) is 0. The Labute approximate surface area is 125 Å². The van der Waals surface area contributed by atoms with Gasteiger partial charge < -0.3 is 5.32 Å². The summed E-state index contributed by atoms with van der Waals surface area (Å²) < 4.78 is 2.09. The van der Waals surface area contributed by atoms with Gasteiger partial charge in [-0.2, -0.15) is 0 Å². The van der Waals surface area contributed by atoms with Crippen LogP contribution in [-0.2, 0) is 0 Å². The molecule has 16 heavy (non-hydrogen) atoms. The molecule has 2 rings (SSSR count). The molecule has 0 amide bonds. The summed E-state index contributed by atoms with van der Waals surface area (Å²) in [7, 11) is 0. The number of aromatic nitrogens is 2. The summed E-state index contributed by atoms with van der Waals surface area (Å²) in [5.41, 5.74) is 0.809. The number of anilines is 2. The van der Waals surface area contributed by atoms with E-state index >= 15 is 0 Å². The molecule has 0 atom stereocenters. The highest BCUT2D eigenvalue weighted by atomic mass is 127. The molecular formula is C10H6ClI2N3. The zero-order valence-electron chi connectivity index (χ0n) is 7.92. The van der Waals surface area contributed by atoms with E-state index in [1.165, 1.54) is 0 Å². The second-order valence-corrected chi connectivity index (χ2v) is 5.87. The quantitative estimate of drug-likeness (QED) is 0.691. The van der Waals surface area contributed by atoms with Gasteiger partial charge in [0.05, 0.1) is 10.7 Å². The molecule has 0 aliphatic rings. The summed E-state index contributed by atoms with van der Waals surface area (Å²) in [5.74, 6) is 0.545. The molecule has 0 spiro atoms. The van der Waals surface area contributed by atoms with E-state index in [1.807, 2.05) is 18.2 Å². The van der Waals surface area contributed by atoms with Crippen LogP contribution in [0.2, 0.25) is 5.02 Å². The molecule has 2 aromatic rings. The van der Waals surface area contributed by atoms with Crippen LogP contribution in [-0.4, -0.2) is 9.97 Å². The van der Waals surface area contributed by atoms with Gasteiger partial charge in [0.1, 0.15) is 0 Å². The van der Waals surface area contributed by atoms with Gasteiger partial charge in [0.2, 0.25) is 5.95 Å². The Morgan fingerprint density at radius 3 is 2.38 bits per heavy atom. The maximum Gasteiger partial charge on any atom is 0.227 e. The maximum atomic E-state index is 6.09. The monoisotopic (exact) mass is 457 g/mol. The fourth-order valence-corrected chi connectivity index (χ4v) is 2.27. The molecule has 0 saturated carbocycles. The number of benzene rings is 1. The minimum atomic E-state index is 0.545. The lowest BCUT2D eigenvalue weighted by molar-refractivity contribution is 1.15. The molecule has 1 aromatic heterocycles. The van der Waals surface area contributed by atoms with Crippen molar-refractivity contribution in [1.82, 2.24) is 9.97 Å². The molecule has 1 heterocycles. The standard InChI is InChI=1S/C10H6ClI2N3/c11-8-3-6(12)1-2-9(8)16-10-14-4-7(13)5-15-10/h1-5H,(H,14,15,16). The minimum absolute atomic E-state index is 0.545. The van der Waals surface area contributed by atoms with E-state index in [2.05, 4.69) is 60.5 Å². The van der Waals surface area contributed by atoms with Crippen molar-refractivity contribution < 1.29 is 0 Å². The average molecular weight is 457 g/mol. The Kier molecular flexibility index (Phi) is 4.20. The van der Waals surface area contributed by atoms with Crippen LogP contribution < -0.4 is 5.32 Å². The molecule has 6 heteroatoms. The van der Waals surface area contributed by atoms with Crippen LogP contribution in [0.1, 0.15) is 0 Å². The van der Waals surface area contributed by atoms with E-state index in [1.54, 1.807) is 12.4 Å². The fourth-order valence-electron chi connectivity index (χ4n) is 1.09. The molecule has 1 aromatic carbocycles. The number of hydrogen-bond donors (Lipinski definition) is 1. The first-order valence-electron chi connectivity index (χ1n) is 4.35. The molecule has 3 nitrogen and oxygen atoms in total. The van der Waals surface area contributed by atoms with E-state index in [-0.39, 0.29) is 0 Å². The number of halogens is 3. The second-order valence-electron chi connectivity index (χ2n) is 2.97. The van der Waals surface area contributed by atoms with Crippen molar-refractivity contribution in [3.8, 4) is 0 Å². The van der Waals surface area contributed by atoms with Crippen LogP contribution in [0, 0.1) is 7.14 Å². The molecule has 0 bridgehead atoms.